The number of aromatic amines is 1. The van der Waals surface area contributed by atoms with Crippen molar-refractivity contribution in [2.75, 3.05) is 26.2 Å². The van der Waals surface area contributed by atoms with Gasteiger partial charge in [-0.1, -0.05) is 6.92 Å². The molecule has 0 saturated carbocycles. The maximum Gasteiger partial charge on any atom is 0.246 e. The lowest BCUT2D eigenvalue weighted by atomic mass is 9.89. The number of likely N-dealkylation sites (tertiary alicyclic amines) is 1. The summed E-state index contributed by atoms with van der Waals surface area (Å²) in [6, 6.07) is 0.110. The van der Waals surface area contributed by atoms with Crippen LogP contribution in [0.5, 0.6) is 0 Å². The van der Waals surface area contributed by atoms with E-state index in [4.69, 9.17) is 5.73 Å². The summed E-state index contributed by atoms with van der Waals surface area (Å²) < 4.78 is 27.4. The molecule has 0 aliphatic carbocycles. The van der Waals surface area contributed by atoms with Crippen LogP contribution in [0.3, 0.4) is 0 Å². The lowest BCUT2D eigenvalue weighted by Gasteiger charge is -2.41. The quantitative estimate of drug-likeness (QED) is 0.787. The predicted molar refractivity (Wildman–Crippen MR) is 102 cm³/mol. The Morgan fingerprint density at radius 3 is 2.44 bits per heavy atom. The van der Waals surface area contributed by atoms with Gasteiger partial charge < -0.3 is 10.6 Å². The minimum Gasteiger partial charge on any atom is -0.338 e. The molecule has 2 fully saturated rings. The first-order chi connectivity index (χ1) is 12.8. The van der Waals surface area contributed by atoms with Crippen LogP contribution in [0.15, 0.2) is 4.90 Å². The predicted octanol–water partition coefficient (Wildman–Crippen LogP) is 1.01. The van der Waals surface area contributed by atoms with Gasteiger partial charge in [-0.15, -0.1) is 0 Å². The van der Waals surface area contributed by atoms with Gasteiger partial charge in [0.15, 0.2) is 0 Å². The van der Waals surface area contributed by atoms with Gasteiger partial charge in [-0.2, -0.15) is 9.40 Å². The Balaban J connectivity index is 1.66. The lowest BCUT2D eigenvalue weighted by molar-refractivity contribution is -0.141. The molecule has 2 aliphatic rings. The second kappa shape index (κ2) is 7.89. The highest BCUT2D eigenvalue weighted by Crippen LogP contribution is 2.30. The van der Waals surface area contributed by atoms with E-state index in [0.717, 1.165) is 19.4 Å². The van der Waals surface area contributed by atoms with Crippen molar-refractivity contribution in [3.63, 3.8) is 0 Å². The summed E-state index contributed by atoms with van der Waals surface area (Å²) >= 11 is 0. The van der Waals surface area contributed by atoms with Crippen molar-refractivity contribution >= 4 is 15.9 Å². The van der Waals surface area contributed by atoms with E-state index in [-0.39, 0.29) is 22.8 Å². The summed E-state index contributed by atoms with van der Waals surface area (Å²) in [5, 5.41) is 6.74. The Bertz CT molecular complexity index is 763. The molecule has 8 nitrogen and oxygen atoms in total. The molecule has 1 aromatic heterocycles. The number of nitrogens with one attached hydrogen (secondary N) is 1. The number of H-pyrrole nitrogens is 1. The zero-order chi connectivity index (χ0) is 19.8. The van der Waals surface area contributed by atoms with Crippen LogP contribution in [0.2, 0.25) is 0 Å². The van der Waals surface area contributed by atoms with E-state index in [1.807, 2.05) is 4.90 Å². The van der Waals surface area contributed by atoms with Crippen molar-refractivity contribution in [1.29, 1.82) is 0 Å². The average Bonchev–Trinajstić information content (AvgIpc) is 3.00. The van der Waals surface area contributed by atoms with Crippen LogP contribution >= 0.6 is 0 Å². The molecule has 9 heteroatoms. The van der Waals surface area contributed by atoms with Crippen LogP contribution in [0.4, 0.5) is 0 Å². The maximum absolute atomic E-state index is 13.0. The fraction of sp³-hybridized carbons (Fsp3) is 0.778. The molecule has 2 atom stereocenters. The number of nitrogens with two attached hydrogens (primary N) is 1. The molecule has 3 heterocycles. The summed E-state index contributed by atoms with van der Waals surface area (Å²) in [6.45, 7) is 7.58. The molecule has 1 aromatic rings. The lowest BCUT2D eigenvalue weighted by Crippen LogP contribution is -2.52. The molecular formula is C18H31N5O3S. The van der Waals surface area contributed by atoms with E-state index >= 15 is 0 Å². The smallest absolute Gasteiger partial charge is 0.246 e. The van der Waals surface area contributed by atoms with Crippen molar-refractivity contribution in [2.45, 2.75) is 57.4 Å². The van der Waals surface area contributed by atoms with Crippen LogP contribution in [0, 0.1) is 25.7 Å². The van der Waals surface area contributed by atoms with E-state index in [9.17, 15) is 13.2 Å². The number of carbonyl (C=O) groups is 1. The fourth-order valence-corrected chi connectivity index (χ4v) is 6.19. The van der Waals surface area contributed by atoms with Crippen LogP contribution in [0.25, 0.3) is 0 Å². The molecule has 0 radical (unpaired) electrons. The van der Waals surface area contributed by atoms with Gasteiger partial charge in [-0.3, -0.25) is 9.89 Å². The summed E-state index contributed by atoms with van der Waals surface area (Å²) in [7, 11) is -3.58. The van der Waals surface area contributed by atoms with Gasteiger partial charge in [0.1, 0.15) is 4.90 Å². The molecular weight excluding hydrogens is 366 g/mol. The number of hydrogen-bond donors (Lipinski definition) is 2. The van der Waals surface area contributed by atoms with Gasteiger partial charge in [0.25, 0.3) is 0 Å². The third-order valence-corrected chi connectivity index (χ3v) is 8.16. The minimum atomic E-state index is -3.58. The molecule has 3 N–H and O–H groups in total. The Hall–Kier alpha value is -1.45. The number of aryl methyl sites for hydroxylation is 2. The largest absolute Gasteiger partial charge is 0.338 e. The van der Waals surface area contributed by atoms with E-state index in [2.05, 4.69) is 17.1 Å². The maximum atomic E-state index is 13.0. The summed E-state index contributed by atoms with van der Waals surface area (Å²) in [5.74, 6) is 0.617. The van der Waals surface area contributed by atoms with Gasteiger partial charge in [0.05, 0.1) is 11.4 Å². The number of rotatable bonds is 4. The molecule has 3 rings (SSSR count). The fourth-order valence-electron chi connectivity index (χ4n) is 4.39. The number of sulfonamides is 1. The van der Waals surface area contributed by atoms with Gasteiger partial charge in [-0.25, -0.2) is 8.42 Å². The molecule has 2 unspecified atom stereocenters. The summed E-state index contributed by atoms with van der Waals surface area (Å²) in [5.41, 5.74) is 6.93. The monoisotopic (exact) mass is 397 g/mol. The number of piperidine rings is 2. The van der Waals surface area contributed by atoms with Crippen molar-refractivity contribution in [2.24, 2.45) is 17.6 Å². The first-order valence-electron chi connectivity index (χ1n) is 9.78. The van der Waals surface area contributed by atoms with Gasteiger partial charge in [-0.05, 0) is 45.4 Å². The SMILES string of the molecule is Cc1n[nH]c(C)c1S(=O)(=O)N1CCC(C(=O)N2CCC(C)CC2CN)CC1. The van der Waals surface area contributed by atoms with Crippen LogP contribution < -0.4 is 5.73 Å². The van der Waals surface area contributed by atoms with E-state index in [1.165, 1.54) is 4.31 Å². The zero-order valence-corrected chi connectivity index (χ0v) is 17.3. The van der Waals surface area contributed by atoms with Gasteiger partial charge in [0, 0.05) is 38.1 Å². The second-order valence-electron chi connectivity index (χ2n) is 7.99. The Morgan fingerprint density at radius 1 is 1.22 bits per heavy atom. The van der Waals surface area contributed by atoms with E-state index in [1.54, 1.807) is 13.8 Å². The standard InChI is InChI=1S/C18H31N5O3S/c1-12-4-9-23(16(10-12)11-19)18(24)15-5-7-22(8-6-15)27(25,26)17-13(2)20-21-14(17)3/h12,15-16H,4-11,19H2,1-3H3,(H,20,21). The molecule has 152 valence electrons. The van der Waals surface area contributed by atoms with E-state index in [0.29, 0.717) is 49.8 Å². The third-order valence-electron chi connectivity index (χ3n) is 5.99. The Kier molecular flexibility index (Phi) is 5.93. The highest BCUT2D eigenvalue weighted by molar-refractivity contribution is 7.89. The molecule has 27 heavy (non-hydrogen) atoms. The number of carbonyl (C=O) groups excluding carboxylic acids is 1. The van der Waals surface area contributed by atoms with E-state index < -0.39 is 10.0 Å². The normalized spacial score (nSPS) is 25.7. The molecule has 1 amide bonds. The van der Waals surface area contributed by atoms with Gasteiger partial charge >= 0.3 is 0 Å². The Morgan fingerprint density at radius 2 is 1.89 bits per heavy atom. The van der Waals surface area contributed by atoms with Crippen molar-refractivity contribution in [1.82, 2.24) is 19.4 Å². The number of aromatic nitrogens is 2. The topological polar surface area (TPSA) is 112 Å². The second-order valence-corrected chi connectivity index (χ2v) is 9.87. The molecule has 0 aromatic carbocycles. The molecule has 2 saturated heterocycles. The van der Waals surface area contributed by atoms with Crippen LogP contribution in [-0.2, 0) is 14.8 Å². The highest BCUT2D eigenvalue weighted by Gasteiger charge is 2.38. The number of amides is 1. The molecule has 2 aliphatic heterocycles. The van der Waals surface area contributed by atoms with Crippen LogP contribution in [0.1, 0.15) is 44.0 Å². The minimum absolute atomic E-state index is 0.110. The van der Waals surface area contributed by atoms with Gasteiger partial charge in [0.2, 0.25) is 15.9 Å². The number of nitrogens with zero attached hydrogens (tertiary/aromatic N) is 3. The molecule has 0 spiro atoms. The molecule has 0 bridgehead atoms. The first-order valence-corrected chi connectivity index (χ1v) is 11.2. The first kappa shape index (κ1) is 20.3. The highest BCUT2D eigenvalue weighted by atomic mass is 32.2. The van der Waals surface area contributed by atoms with Crippen LogP contribution in [-0.4, -0.2) is 65.9 Å². The van der Waals surface area contributed by atoms with Crippen molar-refractivity contribution in [3.8, 4) is 0 Å². The Labute approximate surface area is 161 Å². The van der Waals surface area contributed by atoms with Crippen molar-refractivity contribution < 1.29 is 13.2 Å². The number of hydrogen-bond acceptors (Lipinski definition) is 5. The third kappa shape index (κ3) is 3.90. The summed E-state index contributed by atoms with van der Waals surface area (Å²) in [4.78, 5) is 15.2. The zero-order valence-electron chi connectivity index (χ0n) is 16.4. The van der Waals surface area contributed by atoms with Crippen molar-refractivity contribution in [3.05, 3.63) is 11.4 Å². The summed E-state index contributed by atoms with van der Waals surface area (Å²) in [6.07, 6.45) is 3.07. The average molecular weight is 398 g/mol.